The second-order valence-corrected chi connectivity index (χ2v) is 2.06. The van der Waals surface area contributed by atoms with Gasteiger partial charge in [0.15, 0.2) is 6.29 Å². The molecule has 4 nitrogen and oxygen atoms in total. The SMILES string of the molecule is COCCCOC(CO)OC. The van der Waals surface area contributed by atoms with Crippen molar-refractivity contribution in [1.29, 1.82) is 0 Å². The summed E-state index contributed by atoms with van der Waals surface area (Å²) < 4.78 is 14.7. The van der Waals surface area contributed by atoms with Crippen molar-refractivity contribution in [2.75, 3.05) is 34.0 Å². The van der Waals surface area contributed by atoms with Gasteiger partial charge in [-0.1, -0.05) is 0 Å². The first-order valence-electron chi connectivity index (χ1n) is 3.59. The van der Waals surface area contributed by atoms with E-state index >= 15 is 0 Å². The van der Waals surface area contributed by atoms with Gasteiger partial charge in [-0.05, 0) is 6.42 Å². The average Bonchev–Trinajstić information content (AvgIpc) is 2.05. The molecule has 0 spiro atoms. The summed E-state index contributed by atoms with van der Waals surface area (Å²) in [5.74, 6) is 0. The van der Waals surface area contributed by atoms with Gasteiger partial charge >= 0.3 is 0 Å². The van der Waals surface area contributed by atoms with E-state index in [9.17, 15) is 0 Å². The number of aliphatic hydroxyl groups excluding tert-OH is 1. The van der Waals surface area contributed by atoms with Crippen LogP contribution in [0, 0.1) is 0 Å². The lowest BCUT2D eigenvalue weighted by atomic mass is 10.5. The summed E-state index contributed by atoms with van der Waals surface area (Å²) in [6.45, 7) is 1.11. The fourth-order valence-electron chi connectivity index (χ4n) is 0.613. The molecular formula is C7H16O4. The van der Waals surface area contributed by atoms with Gasteiger partial charge in [-0.15, -0.1) is 0 Å². The Morgan fingerprint density at radius 2 is 2.00 bits per heavy atom. The van der Waals surface area contributed by atoms with E-state index in [0.717, 1.165) is 6.42 Å². The highest BCUT2D eigenvalue weighted by Gasteiger charge is 2.03. The molecule has 0 aliphatic rings. The van der Waals surface area contributed by atoms with Crippen molar-refractivity contribution in [2.45, 2.75) is 12.7 Å². The molecule has 1 atom stereocenters. The summed E-state index contributed by atoms with van der Waals surface area (Å²) in [5.41, 5.74) is 0. The maximum Gasteiger partial charge on any atom is 0.180 e. The molecule has 1 N–H and O–H groups in total. The summed E-state index contributed by atoms with van der Waals surface area (Å²) in [5, 5.41) is 8.60. The molecule has 0 aliphatic heterocycles. The van der Waals surface area contributed by atoms with Crippen molar-refractivity contribution in [3.05, 3.63) is 0 Å². The second-order valence-electron chi connectivity index (χ2n) is 2.06. The van der Waals surface area contributed by atoms with E-state index in [1.165, 1.54) is 7.11 Å². The smallest absolute Gasteiger partial charge is 0.180 e. The number of hydrogen-bond donors (Lipinski definition) is 1. The first-order valence-corrected chi connectivity index (χ1v) is 3.59. The molecule has 4 heteroatoms. The van der Waals surface area contributed by atoms with Crippen molar-refractivity contribution in [1.82, 2.24) is 0 Å². The number of methoxy groups -OCH3 is 2. The summed E-state index contributed by atoms with van der Waals surface area (Å²) in [6, 6.07) is 0. The summed E-state index contributed by atoms with van der Waals surface area (Å²) >= 11 is 0. The zero-order valence-corrected chi connectivity index (χ0v) is 7.08. The molecule has 0 aliphatic carbocycles. The van der Waals surface area contributed by atoms with Gasteiger partial charge < -0.3 is 19.3 Å². The van der Waals surface area contributed by atoms with Gasteiger partial charge in [0.1, 0.15) is 0 Å². The topological polar surface area (TPSA) is 47.9 Å². The lowest BCUT2D eigenvalue weighted by molar-refractivity contribution is -0.147. The minimum Gasteiger partial charge on any atom is -0.391 e. The zero-order chi connectivity index (χ0) is 8.53. The molecule has 0 bridgehead atoms. The van der Waals surface area contributed by atoms with Crippen LogP contribution in [0.3, 0.4) is 0 Å². The van der Waals surface area contributed by atoms with Crippen molar-refractivity contribution >= 4 is 0 Å². The van der Waals surface area contributed by atoms with Crippen molar-refractivity contribution in [3.63, 3.8) is 0 Å². The minimum absolute atomic E-state index is 0.108. The number of aliphatic hydroxyl groups is 1. The molecular weight excluding hydrogens is 148 g/mol. The van der Waals surface area contributed by atoms with Gasteiger partial charge in [0, 0.05) is 20.8 Å². The third-order valence-electron chi connectivity index (χ3n) is 1.21. The molecule has 0 saturated heterocycles. The van der Waals surface area contributed by atoms with Crippen molar-refractivity contribution < 1.29 is 19.3 Å². The molecule has 11 heavy (non-hydrogen) atoms. The van der Waals surface area contributed by atoms with Gasteiger partial charge in [-0.2, -0.15) is 0 Å². The summed E-state index contributed by atoms with van der Waals surface area (Å²) in [7, 11) is 3.14. The van der Waals surface area contributed by atoms with E-state index in [1.54, 1.807) is 7.11 Å². The summed E-state index contributed by atoms with van der Waals surface area (Å²) in [4.78, 5) is 0. The monoisotopic (exact) mass is 164 g/mol. The van der Waals surface area contributed by atoms with Crippen LogP contribution in [0.25, 0.3) is 0 Å². The van der Waals surface area contributed by atoms with Crippen LogP contribution < -0.4 is 0 Å². The Bertz CT molecular complexity index is 72.8. The van der Waals surface area contributed by atoms with Gasteiger partial charge in [0.05, 0.1) is 13.2 Å². The third kappa shape index (κ3) is 6.25. The van der Waals surface area contributed by atoms with E-state index in [0.29, 0.717) is 13.2 Å². The minimum atomic E-state index is -0.494. The lowest BCUT2D eigenvalue weighted by Gasteiger charge is -2.12. The Kier molecular flexibility index (Phi) is 7.83. The normalized spacial score (nSPS) is 13.4. The van der Waals surface area contributed by atoms with Crippen LogP contribution in [0.2, 0.25) is 0 Å². The molecule has 0 heterocycles. The molecule has 0 fully saturated rings. The zero-order valence-electron chi connectivity index (χ0n) is 7.08. The standard InChI is InChI=1S/C7H16O4/c1-9-4-3-5-11-7(6-8)10-2/h7-8H,3-6H2,1-2H3. The van der Waals surface area contributed by atoms with Gasteiger partial charge in [-0.3, -0.25) is 0 Å². The van der Waals surface area contributed by atoms with E-state index in [4.69, 9.17) is 19.3 Å². The molecule has 0 aromatic rings. The third-order valence-corrected chi connectivity index (χ3v) is 1.21. The quantitative estimate of drug-likeness (QED) is 0.425. The highest BCUT2D eigenvalue weighted by Crippen LogP contribution is 1.92. The predicted octanol–water partition coefficient (Wildman–Crippen LogP) is 0.00430. The van der Waals surface area contributed by atoms with Gasteiger partial charge in [0.2, 0.25) is 0 Å². The second kappa shape index (κ2) is 7.94. The first-order chi connectivity index (χ1) is 5.35. The van der Waals surface area contributed by atoms with E-state index in [2.05, 4.69) is 0 Å². The highest BCUT2D eigenvalue weighted by atomic mass is 16.7. The summed E-state index contributed by atoms with van der Waals surface area (Å²) in [6.07, 6.45) is 0.322. The average molecular weight is 164 g/mol. The fourth-order valence-corrected chi connectivity index (χ4v) is 0.613. The van der Waals surface area contributed by atoms with Crippen LogP contribution >= 0.6 is 0 Å². The molecule has 0 aromatic carbocycles. The van der Waals surface area contributed by atoms with E-state index < -0.39 is 6.29 Å². The Balaban J connectivity index is 3.07. The molecule has 0 radical (unpaired) electrons. The Labute approximate surface area is 67.1 Å². The van der Waals surface area contributed by atoms with E-state index in [1.807, 2.05) is 0 Å². The first kappa shape index (κ1) is 10.8. The van der Waals surface area contributed by atoms with Crippen molar-refractivity contribution in [2.24, 2.45) is 0 Å². The number of ether oxygens (including phenoxy) is 3. The Morgan fingerprint density at radius 1 is 1.27 bits per heavy atom. The van der Waals surface area contributed by atoms with Crippen LogP contribution in [0.1, 0.15) is 6.42 Å². The van der Waals surface area contributed by atoms with Crippen molar-refractivity contribution in [3.8, 4) is 0 Å². The molecule has 0 aromatic heterocycles. The maximum atomic E-state index is 8.60. The van der Waals surface area contributed by atoms with Crippen LogP contribution in [0.15, 0.2) is 0 Å². The Morgan fingerprint density at radius 3 is 2.45 bits per heavy atom. The van der Waals surface area contributed by atoms with Crippen LogP contribution in [-0.4, -0.2) is 45.4 Å². The molecule has 0 rings (SSSR count). The Hall–Kier alpha value is -0.160. The molecule has 68 valence electrons. The van der Waals surface area contributed by atoms with Gasteiger partial charge in [-0.25, -0.2) is 0 Å². The molecule has 1 unspecified atom stereocenters. The van der Waals surface area contributed by atoms with Crippen LogP contribution in [0.4, 0.5) is 0 Å². The van der Waals surface area contributed by atoms with Gasteiger partial charge in [0.25, 0.3) is 0 Å². The fraction of sp³-hybridized carbons (Fsp3) is 1.00. The number of hydrogen-bond acceptors (Lipinski definition) is 4. The van der Waals surface area contributed by atoms with Crippen LogP contribution in [-0.2, 0) is 14.2 Å². The highest BCUT2D eigenvalue weighted by molar-refractivity contribution is 4.39. The number of rotatable bonds is 7. The lowest BCUT2D eigenvalue weighted by Crippen LogP contribution is -2.20. The van der Waals surface area contributed by atoms with Crippen LogP contribution in [0.5, 0.6) is 0 Å². The largest absolute Gasteiger partial charge is 0.391 e. The maximum absolute atomic E-state index is 8.60. The molecule has 0 amide bonds. The van der Waals surface area contributed by atoms with E-state index in [-0.39, 0.29) is 6.61 Å². The molecule has 0 saturated carbocycles. The predicted molar refractivity (Wildman–Crippen MR) is 40.3 cm³/mol.